The van der Waals surface area contributed by atoms with Crippen LogP contribution in [0, 0.1) is 0 Å². The van der Waals surface area contributed by atoms with Gasteiger partial charge in [-0.15, -0.1) is 0 Å². The summed E-state index contributed by atoms with van der Waals surface area (Å²) in [6.07, 6.45) is -3.18. The number of alkyl halides is 3. The molecule has 0 aliphatic carbocycles. The monoisotopic (exact) mass is 474 g/mol. The summed E-state index contributed by atoms with van der Waals surface area (Å²) in [6.45, 7) is 0. The van der Waals surface area contributed by atoms with Crippen LogP contribution >= 0.6 is 11.6 Å². The van der Waals surface area contributed by atoms with E-state index in [0.29, 0.717) is 28.4 Å². The maximum absolute atomic E-state index is 13.4. The van der Waals surface area contributed by atoms with Crippen molar-refractivity contribution in [3.8, 4) is 22.8 Å². The lowest BCUT2D eigenvalue weighted by Crippen LogP contribution is -2.12. The molecule has 6 nitrogen and oxygen atoms in total. The van der Waals surface area contributed by atoms with Crippen molar-refractivity contribution in [2.75, 3.05) is 12.4 Å². The van der Waals surface area contributed by atoms with Crippen LogP contribution in [0.1, 0.15) is 17.5 Å². The third kappa shape index (κ3) is 4.83. The topological polar surface area (TPSA) is 69.0 Å². The van der Waals surface area contributed by atoms with E-state index in [0.717, 1.165) is 10.7 Å². The van der Waals surface area contributed by atoms with E-state index in [1.807, 2.05) is 0 Å². The van der Waals surface area contributed by atoms with Gasteiger partial charge in [0.1, 0.15) is 0 Å². The molecule has 0 saturated carbocycles. The van der Waals surface area contributed by atoms with Crippen LogP contribution in [-0.2, 0) is 6.18 Å². The molecule has 170 valence electrons. The number of methoxy groups -OCH3 is 1. The fourth-order valence-electron chi connectivity index (χ4n) is 3.10. The lowest BCUT2D eigenvalue weighted by Gasteiger charge is -2.10. The van der Waals surface area contributed by atoms with Gasteiger partial charge >= 0.3 is 6.18 Å². The predicted octanol–water partition coefficient (Wildman–Crippen LogP) is 6.11. The molecular formula is C23H18ClF3N4O2. The van der Waals surface area contributed by atoms with Crippen LogP contribution in [0.3, 0.4) is 0 Å². The number of nitrogens with one attached hydrogen (secondary N) is 1. The first kappa shape index (κ1) is 22.3. The number of anilines is 1. The van der Waals surface area contributed by atoms with E-state index in [9.17, 15) is 18.0 Å². The van der Waals surface area contributed by atoms with E-state index in [-0.39, 0.29) is 12.1 Å². The molecule has 0 saturated heterocycles. The normalized spacial score (nSPS) is 11.3. The number of hydrogen-bond donors (Lipinski definition) is 1. The number of aromatic nitrogens is 3. The lowest BCUT2D eigenvalue weighted by atomic mass is 10.1. The molecule has 0 atom stereocenters. The number of benzene rings is 2. The summed E-state index contributed by atoms with van der Waals surface area (Å²) in [5, 5.41) is 6.67. The van der Waals surface area contributed by atoms with Crippen molar-refractivity contribution in [2.45, 2.75) is 6.18 Å². The van der Waals surface area contributed by atoms with Gasteiger partial charge in [-0.2, -0.15) is 18.3 Å². The largest absolute Gasteiger partial charge is 0.481 e. The second-order valence-corrected chi connectivity index (χ2v) is 7.30. The first-order valence-electron chi connectivity index (χ1n) is 9.60. The van der Waals surface area contributed by atoms with Crippen molar-refractivity contribution in [3.05, 3.63) is 89.2 Å². The second-order valence-electron chi connectivity index (χ2n) is 6.90. The standard InChI is InChI=1S/C23H16ClF3N4O2.H2/c1-33-21-11-10-16(13-28-21)29-22(32)15-8-6-14(7-9-15)19-12-20(23(25,26)27)30-31(19)18-5-3-2-4-17(18)24;/h2-13H,1H3,(H,29,32);1H. The van der Waals surface area contributed by atoms with Crippen LogP contribution in [0.4, 0.5) is 18.9 Å². The van der Waals surface area contributed by atoms with E-state index in [1.165, 1.54) is 25.4 Å². The van der Waals surface area contributed by atoms with E-state index in [1.54, 1.807) is 48.5 Å². The summed E-state index contributed by atoms with van der Waals surface area (Å²) in [6, 6.07) is 16.8. The van der Waals surface area contributed by atoms with E-state index in [2.05, 4.69) is 15.4 Å². The minimum absolute atomic E-state index is 0. The fourth-order valence-corrected chi connectivity index (χ4v) is 3.32. The summed E-state index contributed by atoms with van der Waals surface area (Å²) >= 11 is 6.20. The number of rotatable bonds is 5. The highest BCUT2D eigenvalue weighted by Crippen LogP contribution is 2.34. The van der Waals surface area contributed by atoms with Gasteiger partial charge in [0.2, 0.25) is 5.88 Å². The van der Waals surface area contributed by atoms with Crippen LogP contribution in [0.2, 0.25) is 5.02 Å². The molecule has 0 radical (unpaired) electrons. The summed E-state index contributed by atoms with van der Waals surface area (Å²) in [7, 11) is 1.48. The number of hydrogen-bond acceptors (Lipinski definition) is 4. The molecule has 2 heterocycles. The Morgan fingerprint density at radius 2 is 1.82 bits per heavy atom. The first-order chi connectivity index (χ1) is 15.8. The van der Waals surface area contributed by atoms with Gasteiger partial charge in [-0.25, -0.2) is 9.67 Å². The fraction of sp³-hybridized carbons (Fsp3) is 0.0870. The van der Waals surface area contributed by atoms with Gasteiger partial charge in [0, 0.05) is 18.6 Å². The van der Waals surface area contributed by atoms with Crippen LogP contribution < -0.4 is 10.1 Å². The zero-order chi connectivity index (χ0) is 23.6. The molecule has 33 heavy (non-hydrogen) atoms. The number of pyridine rings is 1. The van der Waals surface area contributed by atoms with Crippen molar-refractivity contribution in [2.24, 2.45) is 0 Å². The van der Waals surface area contributed by atoms with Crippen LogP contribution in [0.25, 0.3) is 16.9 Å². The van der Waals surface area contributed by atoms with Gasteiger partial charge in [0.15, 0.2) is 5.69 Å². The minimum atomic E-state index is -4.63. The second kappa shape index (κ2) is 8.95. The lowest BCUT2D eigenvalue weighted by molar-refractivity contribution is -0.141. The Labute approximate surface area is 193 Å². The van der Waals surface area contributed by atoms with E-state index >= 15 is 0 Å². The van der Waals surface area contributed by atoms with Crippen LogP contribution in [0.15, 0.2) is 72.9 Å². The Kier molecular flexibility index (Phi) is 6.06. The van der Waals surface area contributed by atoms with Crippen molar-refractivity contribution in [1.82, 2.24) is 14.8 Å². The molecule has 0 unspecified atom stereocenters. The average Bonchev–Trinajstić information content (AvgIpc) is 3.26. The molecule has 2 aromatic carbocycles. The summed E-state index contributed by atoms with van der Waals surface area (Å²) in [5.74, 6) is 0.00909. The molecule has 0 aliphatic rings. The Hall–Kier alpha value is -3.85. The smallest absolute Gasteiger partial charge is 0.435 e. The van der Waals surface area contributed by atoms with Gasteiger partial charge in [-0.3, -0.25) is 4.79 Å². The quantitative estimate of drug-likeness (QED) is 0.378. The van der Waals surface area contributed by atoms with Gasteiger partial charge in [-0.05, 0) is 36.4 Å². The highest BCUT2D eigenvalue weighted by Gasteiger charge is 2.35. The highest BCUT2D eigenvalue weighted by atomic mass is 35.5. The zero-order valence-corrected chi connectivity index (χ0v) is 17.9. The predicted molar refractivity (Wildman–Crippen MR) is 120 cm³/mol. The molecule has 4 aromatic rings. The number of carbonyl (C=O) groups is 1. The van der Waals surface area contributed by atoms with Crippen molar-refractivity contribution in [1.29, 1.82) is 0 Å². The van der Waals surface area contributed by atoms with Crippen LogP contribution in [0.5, 0.6) is 5.88 Å². The Bertz CT molecular complexity index is 1290. The maximum atomic E-state index is 13.4. The molecule has 10 heteroatoms. The van der Waals surface area contributed by atoms with Gasteiger partial charge in [0.25, 0.3) is 5.91 Å². The molecule has 0 aliphatic heterocycles. The maximum Gasteiger partial charge on any atom is 0.435 e. The van der Waals surface area contributed by atoms with E-state index < -0.39 is 17.8 Å². The first-order valence-corrected chi connectivity index (χ1v) is 9.98. The molecule has 2 aromatic heterocycles. The molecule has 0 fully saturated rings. The number of ether oxygens (including phenoxy) is 1. The van der Waals surface area contributed by atoms with Crippen LogP contribution in [-0.4, -0.2) is 27.8 Å². The number of amides is 1. The summed E-state index contributed by atoms with van der Waals surface area (Å²) in [5.41, 5.74) is 0.651. The van der Waals surface area contributed by atoms with Crippen molar-refractivity contribution < 1.29 is 24.1 Å². The highest BCUT2D eigenvalue weighted by molar-refractivity contribution is 6.32. The third-order valence-corrected chi connectivity index (χ3v) is 5.05. The average molecular weight is 475 g/mol. The summed E-state index contributed by atoms with van der Waals surface area (Å²) < 4.78 is 46.2. The number of carbonyl (C=O) groups excluding carboxylic acids is 1. The SMILES string of the molecule is COc1ccc(NC(=O)c2ccc(-c3cc(C(F)(F)F)nn3-c3ccccc3Cl)cc2)cn1.[HH]. The Morgan fingerprint density at radius 1 is 1.09 bits per heavy atom. The number of nitrogens with zero attached hydrogens (tertiary/aromatic N) is 3. The Balaban J connectivity index is 0.00000324. The molecular weight excluding hydrogens is 457 g/mol. The molecule has 0 spiro atoms. The molecule has 1 N–H and O–H groups in total. The third-order valence-electron chi connectivity index (χ3n) is 4.73. The number of para-hydroxylation sites is 1. The van der Waals surface area contributed by atoms with Crippen molar-refractivity contribution in [3.63, 3.8) is 0 Å². The van der Waals surface area contributed by atoms with E-state index in [4.69, 9.17) is 16.3 Å². The summed E-state index contributed by atoms with van der Waals surface area (Å²) in [4.78, 5) is 16.5. The zero-order valence-electron chi connectivity index (χ0n) is 17.1. The Morgan fingerprint density at radius 3 is 2.42 bits per heavy atom. The van der Waals surface area contributed by atoms with Gasteiger partial charge in [0.05, 0.1) is 35.4 Å². The molecule has 4 rings (SSSR count). The molecule has 1 amide bonds. The van der Waals surface area contributed by atoms with Crippen molar-refractivity contribution >= 4 is 23.2 Å². The minimum Gasteiger partial charge on any atom is -0.481 e. The molecule has 0 bridgehead atoms. The van der Waals surface area contributed by atoms with Gasteiger partial charge in [-0.1, -0.05) is 35.9 Å². The van der Waals surface area contributed by atoms with Gasteiger partial charge < -0.3 is 10.1 Å². The number of halogens is 4.